The van der Waals surface area contributed by atoms with Crippen molar-refractivity contribution in [2.24, 2.45) is 5.92 Å². The van der Waals surface area contributed by atoms with Crippen LogP contribution < -0.4 is 21.4 Å². The Bertz CT molecular complexity index is 1540. The largest absolute Gasteiger partial charge is 0.469 e. The number of anilines is 2. The summed E-state index contributed by atoms with van der Waals surface area (Å²) in [6, 6.07) is 16.1. The molecule has 0 aliphatic carbocycles. The average molecular weight is 540 g/mol. The van der Waals surface area contributed by atoms with Crippen LogP contribution in [0.5, 0.6) is 11.6 Å². The lowest BCUT2D eigenvalue weighted by Gasteiger charge is -2.17. The van der Waals surface area contributed by atoms with Crippen LogP contribution in [0.3, 0.4) is 0 Å². The maximum atomic E-state index is 13.4. The normalized spacial score (nSPS) is 11.6. The summed E-state index contributed by atoms with van der Waals surface area (Å²) in [5.41, 5.74) is -0.215. The van der Waals surface area contributed by atoms with Gasteiger partial charge in [0.2, 0.25) is 11.8 Å². The molecule has 2 heterocycles. The van der Waals surface area contributed by atoms with Gasteiger partial charge in [0.25, 0.3) is 0 Å². The number of carbonyl (C=O) groups excluding carboxylic acids is 1. The zero-order valence-corrected chi connectivity index (χ0v) is 21.2. The van der Waals surface area contributed by atoms with E-state index in [1.807, 2.05) is 0 Å². The summed E-state index contributed by atoms with van der Waals surface area (Å²) < 4.78 is 25.6. The molecule has 0 spiro atoms. The van der Waals surface area contributed by atoms with Crippen molar-refractivity contribution in [1.82, 2.24) is 19.1 Å². The molecule has 0 aliphatic heterocycles. The van der Waals surface area contributed by atoms with Gasteiger partial charge in [-0.15, -0.1) is 0 Å². The fourth-order valence-corrected chi connectivity index (χ4v) is 3.65. The van der Waals surface area contributed by atoms with Crippen LogP contribution in [0.1, 0.15) is 12.5 Å². The highest BCUT2D eigenvalue weighted by Gasteiger charge is 2.20. The minimum atomic E-state index is -0.817. The predicted molar refractivity (Wildman–Crippen MR) is 138 cm³/mol. The van der Waals surface area contributed by atoms with Gasteiger partial charge >= 0.3 is 17.3 Å². The molecule has 2 aromatic carbocycles. The van der Waals surface area contributed by atoms with E-state index in [4.69, 9.17) is 21.1 Å². The number of carbonyl (C=O) groups is 1. The molecule has 0 unspecified atom stereocenters. The highest BCUT2D eigenvalue weighted by molar-refractivity contribution is 6.30. The SMILES string of the molecule is COC(=O)[C@@H](C)Cn1c(=O)nc(Nc2ccc(Oc3ccc(F)cn3)cc2)n(Cc2ccc(Cl)cc2)c1=O. The van der Waals surface area contributed by atoms with Crippen molar-refractivity contribution in [3.8, 4) is 11.6 Å². The number of pyridine rings is 1. The van der Waals surface area contributed by atoms with Crippen molar-refractivity contribution >= 4 is 29.2 Å². The topological polar surface area (TPSA) is 117 Å². The summed E-state index contributed by atoms with van der Waals surface area (Å²) in [4.78, 5) is 46.0. The van der Waals surface area contributed by atoms with Gasteiger partial charge in [-0.1, -0.05) is 30.7 Å². The lowest BCUT2D eigenvalue weighted by Crippen LogP contribution is -2.44. The maximum absolute atomic E-state index is 13.4. The average Bonchev–Trinajstić information content (AvgIpc) is 2.91. The molecular weight excluding hydrogens is 517 g/mol. The highest BCUT2D eigenvalue weighted by atomic mass is 35.5. The predicted octanol–water partition coefficient (Wildman–Crippen LogP) is 3.99. The molecule has 38 heavy (non-hydrogen) atoms. The summed E-state index contributed by atoms with van der Waals surface area (Å²) in [7, 11) is 1.23. The lowest BCUT2D eigenvalue weighted by atomic mass is 10.2. The van der Waals surface area contributed by atoms with Gasteiger partial charge in [0.15, 0.2) is 0 Å². The van der Waals surface area contributed by atoms with Crippen LogP contribution in [0.25, 0.3) is 0 Å². The van der Waals surface area contributed by atoms with Gasteiger partial charge in [0, 0.05) is 23.3 Å². The van der Waals surface area contributed by atoms with Crippen LogP contribution in [-0.4, -0.2) is 32.2 Å². The maximum Gasteiger partial charge on any atom is 0.354 e. The summed E-state index contributed by atoms with van der Waals surface area (Å²) in [6.45, 7) is 1.44. The molecule has 10 nitrogen and oxygen atoms in total. The molecule has 1 N–H and O–H groups in total. The number of hydrogen-bond donors (Lipinski definition) is 1. The van der Waals surface area contributed by atoms with Crippen molar-refractivity contribution in [3.63, 3.8) is 0 Å². The smallest absolute Gasteiger partial charge is 0.354 e. The first-order valence-electron chi connectivity index (χ1n) is 11.4. The number of nitrogens with zero attached hydrogens (tertiary/aromatic N) is 4. The van der Waals surface area contributed by atoms with E-state index in [1.165, 1.54) is 23.8 Å². The van der Waals surface area contributed by atoms with E-state index in [0.717, 1.165) is 16.3 Å². The molecule has 0 fully saturated rings. The van der Waals surface area contributed by atoms with Crippen LogP contribution in [-0.2, 0) is 22.6 Å². The van der Waals surface area contributed by atoms with Gasteiger partial charge < -0.3 is 14.8 Å². The third kappa shape index (κ3) is 6.43. The molecule has 0 saturated carbocycles. The van der Waals surface area contributed by atoms with Gasteiger partial charge in [-0.25, -0.2) is 23.5 Å². The molecule has 0 bridgehead atoms. The van der Waals surface area contributed by atoms with Crippen molar-refractivity contribution < 1.29 is 18.7 Å². The van der Waals surface area contributed by atoms with Crippen LogP contribution in [0.15, 0.2) is 76.4 Å². The Hall–Kier alpha value is -4.51. The Morgan fingerprint density at radius 3 is 2.39 bits per heavy atom. The van der Waals surface area contributed by atoms with Crippen LogP contribution in [0.4, 0.5) is 16.0 Å². The minimum absolute atomic E-state index is 0.00536. The Kier molecular flexibility index (Phi) is 8.17. The summed E-state index contributed by atoms with van der Waals surface area (Å²) in [6.07, 6.45) is 1.05. The third-order valence-corrected chi connectivity index (χ3v) is 5.75. The number of hydrogen-bond acceptors (Lipinski definition) is 8. The molecule has 0 amide bonds. The lowest BCUT2D eigenvalue weighted by molar-refractivity contribution is -0.145. The molecule has 2 aromatic heterocycles. The Balaban J connectivity index is 1.65. The van der Waals surface area contributed by atoms with Crippen molar-refractivity contribution in [2.45, 2.75) is 20.0 Å². The first kappa shape index (κ1) is 26.6. The molecule has 4 rings (SSSR count). The molecule has 4 aromatic rings. The summed E-state index contributed by atoms with van der Waals surface area (Å²) in [5.74, 6) is -1.11. The van der Waals surface area contributed by atoms with Gasteiger partial charge in [-0.05, 0) is 48.0 Å². The van der Waals surface area contributed by atoms with Gasteiger partial charge in [0.05, 0.1) is 25.8 Å². The number of nitrogens with one attached hydrogen (secondary N) is 1. The molecule has 0 aliphatic rings. The van der Waals surface area contributed by atoms with E-state index >= 15 is 0 Å². The first-order valence-corrected chi connectivity index (χ1v) is 11.8. The number of benzene rings is 2. The standard InChI is InChI=1S/C26H23ClFN5O5/c1-16(23(34)37-2)14-33-25(35)31-24(32(26(33)36)15-17-3-5-18(27)6-4-17)30-20-8-10-21(11-9-20)38-22-12-7-19(28)13-29-22/h3-13,16H,14-15H2,1-2H3,(H,30,31,35)/t16-/m0/s1. The molecule has 12 heteroatoms. The molecular formula is C26H23ClFN5O5. The number of ether oxygens (including phenoxy) is 2. The van der Waals surface area contributed by atoms with E-state index in [2.05, 4.69) is 15.3 Å². The van der Waals surface area contributed by atoms with Crippen molar-refractivity contribution in [1.29, 1.82) is 0 Å². The highest BCUT2D eigenvalue weighted by Crippen LogP contribution is 2.23. The third-order valence-electron chi connectivity index (χ3n) is 5.50. The number of aromatic nitrogens is 4. The number of methoxy groups -OCH3 is 1. The van der Waals surface area contributed by atoms with Gasteiger partial charge in [-0.2, -0.15) is 4.98 Å². The molecule has 0 saturated heterocycles. The van der Waals surface area contributed by atoms with E-state index in [-0.39, 0.29) is 24.9 Å². The Morgan fingerprint density at radius 1 is 1.05 bits per heavy atom. The molecule has 196 valence electrons. The quantitative estimate of drug-likeness (QED) is 0.317. The molecule has 0 radical (unpaired) electrons. The zero-order chi connectivity index (χ0) is 27.2. The number of esters is 1. The van der Waals surface area contributed by atoms with E-state index < -0.39 is 29.1 Å². The van der Waals surface area contributed by atoms with Crippen LogP contribution in [0, 0.1) is 11.7 Å². The van der Waals surface area contributed by atoms with E-state index in [1.54, 1.807) is 55.5 Å². The van der Waals surface area contributed by atoms with E-state index in [0.29, 0.717) is 16.5 Å². The van der Waals surface area contributed by atoms with Gasteiger partial charge in [0.1, 0.15) is 11.6 Å². The van der Waals surface area contributed by atoms with Crippen LogP contribution >= 0.6 is 11.6 Å². The first-order chi connectivity index (χ1) is 18.2. The van der Waals surface area contributed by atoms with Crippen molar-refractivity contribution in [3.05, 3.63) is 104 Å². The van der Waals surface area contributed by atoms with E-state index in [9.17, 15) is 18.8 Å². The summed E-state index contributed by atoms with van der Waals surface area (Å²) in [5, 5.41) is 3.53. The van der Waals surface area contributed by atoms with Crippen LogP contribution in [0.2, 0.25) is 5.02 Å². The second kappa shape index (κ2) is 11.7. The minimum Gasteiger partial charge on any atom is -0.469 e. The number of rotatable bonds is 9. The Labute approximate surface area is 221 Å². The Morgan fingerprint density at radius 2 is 1.76 bits per heavy atom. The van der Waals surface area contributed by atoms with Gasteiger partial charge in [-0.3, -0.25) is 9.36 Å². The monoisotopic (exact) mass is 539 g/mol. The second-order valence-corrected chi connectivity index (χ2v) is 8.75. The number of halogens is 2. The molecule has 1 atom stereocenters. The second-order valence-electron chi connectivity index (χ2n) is 8.31. The zero-order valence-electron chi connectivity index (χ0n) is 20.4. The fraction of sp³-hybridized carbons (Fsp3) is 0.192. The van der Waals surface area contributed by atoms with Crippen molar-refractivity contribution in [2.75, 3.05) is 12.4 Å². The summed E-state index contributed by atoms with van der Waals surface area (Å²) >= 11 is 5.99. The fourth-order valence-electron chi connectivity index (χ4n) is 3.52.